The van der Waals surface area contributed by atoms with Crippen molar-refractivity contribution in [2.75, 3.05) is 12.3 Å². The van der Waals surface area contributed by atoms with Gasteiger partial charge in [-0.15, -0.1) is 0 Å². The predicted molar refractivity (Wildman–Crippen MR) is 79.7 cm³/mol. The van der Waals surface area contributed by atoms with Crippen LogP contribution in [0.2, 0.25) is 0 Å². The molecule has 0 aliphatic rings. The van der Waals surface area contributed by atoms with Crippen LogP contribution in [0.1, 0.15) is 60.3 Å². The Morgan fingerprint density at radius 3 is 2.06 bits per heavy atom. The van der Waals surface area contributed by atoms with Gasteiger partial charge in [0.1, 0.15) is 0 Å². The summed E-state index contributed by atoms with van der Waals surface area (Å²) in [5, 5.41) is 3.12. The molecule has 0 fully saturated rings. The summed E-state index contributed by atoms with van der Waals surface area (Å²) in [6.45, 7) is 11.1. The van der Waals surface area contributed by atoms with E-state index >= 15 is 0 Å². The maximum absolute atomic E-state index is 12.4. The molecular weight excluding hydrogens is 246 g/mol. The van der Waals surface area contributed by atoms with Gasteiger partial charge in [-0.25, -0.2) is 8.42 Å². The van der Waals surface area contributed by atoms with Gasteiger partial charge in [0.25, 0.3) is 0 Å². The van der Waals surface area contributed by atoms with Gasteiger partial charge < -0.3 is 5.32 Å². The quantitative estimate of drug-likeness (QED) is 0.667. The number of rotatable bonds is 10. The van der Waals surface area contributed by atoms with Gasteiger partial charge in [0.2, 0.25) is 0 Å². The molecule has 0 saturated carbocycles. The molecule has 0 bridgehead atoms. The van der Waals surface area contributed by atoms with Crippen molar-refractivity contribution in [2.24, 2.45) is 5.92 Å². The van der Waals surface area contributed by atoms with Crippen LogP contribution >= 0.6 is 0 Å². The maximum Gasteiger partial charge on any atom is 0.154 e. The minimum Gasteiger partial charge on any atom is -0.313 e. The van der Waals surface area contributed by atoms with Crippen LogP contribution in [0.5, 0.6) is 0 Å². The normalized spacial score (nSPS) is 15.9. The van der Waals surface area contributed by atoms with Gasteiger partial charge in [-0.3, -0.25) is 0 Å². The molecule has 0 rings (SSSR count). The minimum atomic E-state index is -2.97. The molecule has 0 aromatic heterocycles. The van der Waals surface area contributed by atoms with Crippen LogP contribution in [0.15, 0.2) is 0 Å². The molecule has 0 saturated heterocycles. The second kappa shape index (κ2) is 8.92. The highest BCUT2D eigenvalue weighted by Gasteiger charge is 2.30. The Morgan fingerprint density at radius 1 is 1.06 bits per heavy atom. The Bertz CT molecular complexity index is 293. The second-order valence-electron chi connectivity index (χ2n) is 5.45. The molecule has 0 aliphatic carbocycles. The van der Waals surface area contributed by atoms with E-state index in [0.29, 0.717) is 18.1 Å². The van der Waals surface area contributed by atoms with Crippen molar-refractivity contribution in [1.29, 1.82) is 0 Å². The van der Waals surface area contributed by atoms with Crippen molar-refractivity contribution in [3.8, 4) is 0 Å². The van der Waals surface area contributed by atoms with Crippen LogP contribution in [0.3, 0.4) is 0 Å². The average molecular weight is 277 g/mol. The lowest BCUT2D eigenvalue weighted by molar-refractivity contribution is 0.443. The summed E-state index contributed by atoms with van der Waals surface area (Å²) in [5.41, 5.74) is 0. The van der Waals surface area contributed by atoms with Crippen molar-refractivity contribution in [1.82, 2.24) is 5.32 Å². The molecule has 4 heteroatoms. The van der Waals surface area contributed by atoms with Crippen molar-refractivity contribution in [2.45, 2.75) is 71.6 Å². The van der Waals surface area contributed by atoms with Gasteiger partial charge >= 0.3 is 0 Å². The van der Waals surface area contributed by atoms with Gasteiger partial charge in [0, 0.05) is 6.04 Å². The van der Waals surface area contributed by atoms with E-state index in [1.165, 1.54) is 0 Å². The van der Waals surface area contributed by atoms with Crippen LogP contribution in [0.25, 0.3) is 0 Å². The highest BCUT2D eigenvalue weighted by Crippen LogP contribution is 2.18. The number of nitrogens with one attached hydrogen (secondary N) is 1. The van der Waals surface area contributed by atoms with Crippen LogP contribution in [0.4, 0.5) is 0 Å². The Labute approximate surface area is 114 Å². The van der Waals surface area contributed by atoms with E-state index in [-0.39, 0.29) is 11.3 Å². The first-order chi connectivity index (χ1) is 8.38. The third kappa shape index (κ3) is 6.19. The highest BCUT2D eigenvalue weighted by molar-refractivity contribution is 7.92. The fourth-order valence-corrected chi connectivity index (χ4v) is 4.68. The van der Waals surface area contributed by atoms with Gasteiger partial charge in [0.15, 0.2) is 9.84 Å². The van der Waals surface area contributed by atoms with Crippen LogP contribution in [0, 0.1) is 5.92 Å². The lowest BCUT2D eigenvalue weighted by atomic mass is 10.1. The van der Waals surface area contributed by atoms with E-state index in [4.69, 9.17) is 0 Å². The van der Waals surface area contributed by atoms with Crippen LogP contribution < -0.4 is 5.32 Å². The van der Waals surface area contributed by atoms with Crippen molar-refractivity contribution < 1.29 is 8.42 Å². The van der Waals surface area contributed by atoms with Gasteiger partial charge in [-0.1, -0.05) is 41.0 Å². The maximum atomic E-state index is 12.4. The SMILES string of the molecule is CCCC(NCC)C(CC)S(=O)(=O)CCC(C)C. The van der Waals surface area contributed by atoms with Crippen LogP contribution in [-0.4, -0.2) is 32.0 Å². The monoisotopic (exact) mass is 277 g/mol. The molecule has 0 aliphatic heterocycles. The van der Waals surface area contributed by atoms with Crippen LogP contribution in [-0.2, 0) is 9.84 Å². The zero-order valence-corrected chi connectivity index (χ0v) is 13.5. The zero-order valence-electron chi connectivity index (χ0n) is 12.7. The smallest absolute Gasteiger partial charge is 0.154 e. The predicted octanol–water partition coefficient (Wildman–Crippen LogP) is 3.00. The molecule has 1 N–H and O–H groups in total. The third-order valence-electron chi connectivity index (χ3n) is 3.36. The molecule has 0 spiro atoms. The molecule has 3 nitrogen and oxygen atoms in total. The second-order valence-corrected chi connectivity index (χ2v) is 7.79. The molecule has 0 heterocycles. The summed E-state index contributed by atoms with van der Waals surface area (Å²) in [6, 6.07) is 0.113. The molecule has 0 aromatic carbocycles. The van der Waals surface area contributed by atoms with E-state index in [9.17, 15) is 8.42 Å². The van der Waals surface area contributed by atoms with Gasteiger partial charge in [-0.05, 0) is 31.7 Å². The number of sulfone groups is 1. The van der Waals surface area contributed by atoms with Crippen molar-refractivity contribution >= 4 is 9.84 Å². The minimum absolute atomic E-state index is 0.113. The molecule has 0 radical (unpaired) electrons. The van der Waals surface area contributed by atoms with Crippen molar-refractivity contribution in [3.05, 3.63) is 0 Å². The molecular formula is C14H31NO2S. The topological polar surface area (TPSA) is 46.2 Å². The van der Waals surface area contributed by atoms with E-state index in [0.717, 1.165) is 25.8 Å². The summed E-state index contributed by atoms with van der Waals surface area (Å²) in [4.78, 5) is 0. The number of hydrogen-bond acceptors (Lipinski definition) is 3. The standard InChI is InChI=1S/C14H31NO2S/c1-6-9-13(15-8-3)14(7-2)18(16,17)11-10-12(4)5/h12-15H,6-11H2,1-5H3. The fraction of sp³-hybridized carbons (Fsp3) is 1.00. The molecule has 0 amide bonds. The van der Waals surface area contributed by atoms with E-state index in [1.807, 2.05) is 13.8 Å². The molecule has 110 valence electrons. The van der Waals surface area contributed by atoms with E-state index in [2.05, 4.69) is 26.1 Å². The Morgan fingerprint density at radius 2 is 1.67 bits per heavy atom. The number of hydrogen-bond donors (Lipinski definition) is 1. The molecule has 18 heavy (non-hydrogen) atoms. The lowest BCUT2D eigenvalue weighted by Gasteiger charge is -2.27. The first kappa shape index (κ1) is 17.9. The Balaban J connectivity index is 4.78. The molecule has 2 atom stereocenters. The third-order valence-corrected chi connectivity index (χ3v) is 5.75. The molecule has 2 unspecified atom stereocenters. The van der Waals surface area contributed by atoms with Gasteiger partial charge in [-0.2, -0.15) is 0 Å². The summed E-state index contributed by atoms with van der Waals surface area (Å²) in [5.74, 6) is 0.774. The van der Waals surface area contributed by atoms with E-state index < -0.39 is 9.84 Å². The first-order valence-electron chi connectivity index (χ1n) is 7.33. The van der Waals surface area contributed by atoms with Gasteiger partial charge in [0.05, 0.1) is 11.0 Å². The fourth-order valence-electron chi connectivity index (χ4n) is 2.33. The summed E-state index contributed by atoms with van der Waals surface area (Å²) >= 11 is 0. The Kier molecular flexibility index (Phi) is 8.87. The molecule has 0 aromatic rings. The lowest BCUT2D eigenvalue weighted by Crippen LogP contribution is -2.44. The summed E-state index contributed by atoms with van der Waals surface area (Å²) in [7, 11) is -2.97. The Hall–Kier alpha value is -0.0900. The largest absolute Gasteiger partial charge is 0.313 e. The highest BCUT2D eigenvalue weighted by atomic mass is 32.2. The summed E-state index contributed by atoms with van der Waals surface area (Å²) < 4.78 is 24.8. The van der Waals surface area contributed by atoms with Crippen molar-refractivity contribution in [3.63, 3.8) is 0 Å². The zero-order chi connectivity index (χ0) is 14.2. The average Bonchev–Trinajstić information content (AvgIpc) is 2.28. The first-order valence-corrected chi connectivity index (χ1v) is 9.05. The summed E-state index contributed by atoms with van der Waals surface area (Å²) in [6.07, 6.45) is 3.43. The van der Waals surface area contributed by atoms with E-state index in [1.54, 1.807) is 0 Å².